The molecule has 0 aliphatic rings. The first-order valence-corrected chi connectivity index (χ1v) is 10.1. The van der Waals surface area contributed by atoms with Crippen LogP contribution in [0.4, 0.5) is 4.39 Å². The van der Waals surface area contributed by atoms with E-state index in [4.69, 9.17) is 4.74 Å². The monoisotopic (exact) mass is 429 g/mol. The Balaban J connectivity index is 1.95. The minimum atomic E-state index is -0.492. The molecule has 0 unspecified atom stereocenters. The number of para-hydroxylation sites is 1. The van der Waals surface area contributed by atoms with E-state index in [1.54, 1.807) is 55.1 Å². The first kappa shape index (κ1) is 19.8. The number of hydrogen-bond acceptors (Lipinski definition) is 3. The van der Waals surface area contributed by atoms with E-state index in [0.717, 1.165) is 10.1 Å². The van der Waals surface area contributed by atoms with Crippen LogP contribution in [-0.4, -0.2) is 20.8 Å². The molecular weight excluding hydrogens is 409 g/mol. The van der Waals surface area contributed by atoms with Gasteiger partial charge in [0.15, 0.2) is 0 Å². The molecule has 0 saturated heterocycles. The second kappa shape index (κ2) is 7.53. The number of nitrogens with zero attached hydrogens (tertiary/aromatic N) is 3. The lowest BCUT2D eigenvalue weighted by atomic mass is 10.2. The van der Waals surface area contributed by atoms with Gasteiger partial charge >= 0.3 is 5.69 Å². The van der Waals surface area contributed by atoms with Crippen molar-refractivity contribution in [2.75, 3.05) is 7.11 Å². The lowest BCUT2D eigenvalue weighted by Gasteiger charge is -2.13. The van der Waals surface area contributed by atoms with Crippen LogP contribution in [0.25, 0.3) is 27.6 Å². The van der Waals surface area contributed by atoms with E-state index in [1.807, 2.05) is 24.3 Å². The Morgan fingerprint density at radius 1 is 0.906 bits per heavy atom. The zero-order valence-corrected chi connectivity index (χ0v) is 17.6. The minimum Gasteiger partial charge on any atom is -0.497 e. The van der Waals surface area contributed by atoms with Gasteiger partial charge in [-0.05, 0) is 48.0 Å². The van der Waals surface area contributed by atoms with E-state index >= 15 is 0 Å². The number of ether oxygens (including phenoxy) is 1. The lowest BCUT2D eigenvalue weighted by Crippen LogP contribution is -2.39. The highest BCUT2D eigenvalue weighted by Crippen LogP contribution is 2.29. The fourth-order valence-corrected chi connectivity index (χ4v) is 4.23. The lowest BCUT2D eigenvalue weighted by molar-refractivity contribution is 0.415. The van der Waals surface area contributed by atoms with Gasteiger partial charge in [0.2, 0.25) is 0 Å². The van der Waals surface area contributed by atoms with Crippen LogP contribution in [0.5, 0.6) is 5.75 Å². The number of hydrogen-bond donors (Lipinski definition) is 0. The summed E-state index contributed by atoms with van der Waals surface area (Å²) in [4.78, 5) is 27.3. The highest BCUT2D eigenvalue weighted by atomic mass is 19.1. The summed E-state index contributed by atoms with van der Waals surface area (Å²) in [6.07, 6.45) is 0. The Labute approximate surface area is 182 Å². The fourth-order valence-electron chi connectivity index (χ4n) is 4.23. The van der Waals surface area contributed by atoms with Gasteiger partial charge in [0, 0.05) is 12.4 Å². The number of aryl methyl sites for hydroxylation is 1. The van der Waals surface area contributed by atoms with Crippen molar-refractivity contribution in [1.82, 2.24) is 13.7 Å². The minimum absolute atomic E-state index is 0.108. The molecule has 5 rings (SSSR count). The molecule has 0 atom stereocenters. The van der Waals surface area contributed by atoms with E-state index in [0.29, 0.717) is 33.4 Å². The Hall–Kier alpha value is -4.13. The molecule has 7 heteroatoms. The molecule has 0 aliphatic heterocycles. The van der Waals surface area contributed by atoms with E-state index in [2.05, 4.69) is 0 Å². The number of rotatable bonds is 4. The van der Waals surface area contributed by atoms with E-state index < -0.39 is 11.2 Å². The summed E-state index contributed by atoms with van der Waals surface area (Å²) in [5.41, 5.74) is 1.85. The maximum atomic E-state index is 13.9. The molecule has 0 amide bonds. The van der Waals surface area contributed by atoms with E-state index in [9.17, 15) is 14.0 Å². The summed E-state index contributed by atoms with van der Waals surface area (Å²) in [5.74, 6) is 0.227. The molecular formula is C25H20FN3O3. The van der Waals surface area contributed by atoms with Gasteiger partial charge in [0.25, 0.3) is 5.56 Å². The van der Waals surface area contributed by atoms with Gasteiger partial charge in [0.05, 0.1) is 30.4 Å². The highest BCUT2D eigenvalue weighted by molar-refractivity contribution is 6.06. The molecule has 0 bridgehead atoms. The first-order valence-electron chi connectivity index (χ1n) is 10.1. The average Bonchev–Trinajstić information content (AvgIpc) is 3.09. The molecule has 0 N–H and O–H groups in total. The SMILES string of the molecule is COc1ccc2c(c1)c1c(c(=O)n(-c3ccccc3)c(=O)n1Cc1cccc(F)c1)n2C. The van der Waals surface area contributed by atoms with Crippen molar-refractivity contribution < 1.29 is 9.13 Å². The maximum absolute atomic E-state index is 13.9. The van der Waals surface area contributed by atoms with Crippen LogP contribution in [0.15, 0.2) is 82.4 Å². The fraction of sp³-hybridized carbons (Fsp3) is 0.120. The Kier molecular flexibility index (Phi) is 4.66. The van der Waals surface area contributed by atoms with Gasteiger partial charge in [-0.1, -0.05) is 30.3 Å². The summed E-state index contributed by atoms with van der Waals surface area (Å²) in [7, 11) is 3.36. The van der Waals surface area contributed by atoms with Gasteiger partial charge in [-0.25, -0.2) is 13.8 Å². The Morgan fingerprint density at radius 2 is 1.69 bits per heavy atom. The topological polar surface area (TPSA) is 58.2 Å². The van der Waals surface area contributed by atoms with Crippen molar-refractivity contribution in [3.05, 3.63) is 105 Å². The molecule has 0 aliphatic carbocycles. The van der Waals surface area contributed by atoms with Crippen LogP contribution in [0, 0.1) is 5.82 Å². The molecule has 0 radical (unpaired) electrons. The second-order valence-corrected chi connectivity index (χ2v) is 7.61. The summed E-state index contributed by atoms with van der Waals surface area (Å²) in [6, 6.07) is 20.4. The smallest absolute Gasteiger partial charge is 0.336 e. The quantitative estimate of drug-likeness (QED) is 0.436. The third-order valence-electron chi connectivity index (χ3n) is 5.72. The summed E-state index contributed by atoms with van der Waals surface area (Å²) in [6.45, 7) is 0.108. The van der Waals surface area contributed by atoms with E-state index in [1.165, 1.54) is 16.7 Å². The van der Waals surface area contributed by atoms with Crippen molar-refractivity contribution in [1.29, 1.82) is 0 Å². The summed E-state index contributed by atoms with van der Waals surface area (Å²) < 4.78 is 23.7. The number of benzene rings is 3. The van der Waals surface area contributed by atoms with Crippen LogP contribution in [0.3, 0.4) is 0 Å². The van der Waals surface area contributed by atoms with Crippen LogP contribution < -0.4 is 16.0 Å². The van der Waals surface area contributed by atoms with E-state index in [-0.39, 0.29) is 12.4 Å². The molecule has 2 heterocycles. The Morgan fingerprint density at radius 3 is 2.41 bits per heavy atom. The molecule has 2 aromatic heterocycles. The second-order valence-electron chi connectivity index (χ2n) is 7.61. The highest BCUT2D eigenvalue weighted by Gasteiger charge is 2.21. The normalized spacial score (nSPS) is 11.3. The van der Waals surface area contributed by atoms with Crippen molar-refractivity contribution in [3.63, 3.8) is 0 Å². The molecule has 5 aromatic rings. The zero-order chi connectivity index (χ0) is 22.4. The molecule has 0 fully saturated rings. The molecule has 32 heavy (non-hydrogen) atoms. The van der Waals surface area contributed by atoms with Crippen molar-refractivity contribution in [2.24, 2.45) is 7.05 Å². The van der Waals surface area contributed by atoms with Crippen LogP contribution in [0.1, 0.15) is 5.56 Å². The van der Waals surface area contributed by atoms with Gasteiger partial charge in [-0.2, -0.15) is 0 Å². The number of aromatic nitrogens is 3. The molecule has 0 spiro atoms. The van der Waals surface area contributed by atoms with Crippen LogP contribution in [-0.2, 0) is 13.6 Å². The molecule has 0 saturated carbocycles. The van der Waals surface area contributed by atoms with Gasteiger partial charge in [-0.15, -0.1) is 0 Å². The van der Waals surface area contributed by atoms with Gasteiger partial charge in [0.1, 0.15) is 17.1 Å². The van der Waals surface area contributed by atoms with Crippen LogP contribution >= 0.6 is 0 Å². The third-order valence-corrected chi connectivity index (χ3v) is 5.72. The third kappa shape index (κ3) is 3.01. The molecule has 3 aromatic carbocycles. The first-order chi connectivity index (χ1) is 15.5. The molecule has 6 nitrogen and oxygen atoms in total. The zero-order valence-electron chi connectivity index (χ0n) is 17.6. The Bertz CT molecular complexity index is 1600. The average molecular weight is 429 g/mol. The number of fused-ring (bicyclic) bond motifs is 3. The standard InChI is InChI=1S/C25H20FN3O3/c1-27-21-12-11-19(32-2)14-20(21)22-23(27)24(30)29(18-9-4-3-5-10-18)25(31)28(22)15-16-7-6-8-17(26)13-16/h3-14H,15H2,1-2H3. The predicted octanol–water partition coefficient (Wildman–Crippen LogP) is 3.84. The van der Waals surface area contributed by atoms with Crippen molar-refractivity contribution in [3.8, 4) is 11.4 Å². The summed E-state index contributed by atoms with van der Waals surface area (Å²) >= 11 is 0. The van der Waals surface area contributed by atoms with Crippen LogP contribution in [0.2, 0.25) is 0 Å². The molecule has 160 valence electrons. The van der Waals surface area contributed by atoms with Gasteiger partial charge < -0.3 is 9.30 Å². The van der Waals surface area contributed by atoms with Crippen molar-refractivity contribution >= 4 is 21.9 Å². The largest absolute Gasteiger partial charge is 0.497 e. The maximum Gasteiger partial charge on any atom is 0.336 e. The van der Waals surface area contributed by atoms with Gasteiger partial charge in [-0.3, -0.25) is 9.36 Å². The summed E-state index contributed by atoms with van der Waals surface area (Å²) in [5, 5.41) is 0.715. The van der Waals surface area contributed by atoms with Crippen molar-refractivity contribution in [2.45, 2.75) is 6.54 Å². The number of halogens is 1. The predicted molar refractivity (Wildman–Crippen MR) is 122 cm³/mol. The number of methoxy groups -OCH3 is 1.